The van der Waals surface area contributed by atoms with Crippen LogP contribution >= 0.6 is 0 Å². The van der Waals surface area contributed by atoms with E-state index in [0.29, 0.717) is 13.1 Å². The molecule has 0 unspecified atom stereocenters. The number of nitrogens with one attached hydrogen (secondary N) is 2. The quantitative estimate of drug-likeness (QED) is 0.793. The monoisotopic (exact) mass is 279 g/mol. The predicted octanol–water partition coefficient (Wildman–Crippen LogP) is 2.86. The molecule has 0 aliphatic heterocycles. The maximum absolute atomic E-state index is 13.4. The summed E-state index contributed by atoms with van der Waals surface area (Å²) in [7, 11) is 0. The van der Waals surface area contributed by atoms with Gasteiger partial charge in [-0.15, -0.1) is 0 Å². The number of hydrogen-bond acceptors (Lipinski definition) is 2. The molecule has 4 nitrogen and oxygen atoms in total. The predicted molar refractivity (Wildman–Crippen MR) is 78.0 cm³/mol. The van der Waals surface area contributed by atoms with Crippen LogP contribution in [0.3, 0.4) is 0 Å². The fourth-order valence-corrected chi connectivity index (χ4v) is 2.75. The normalized spacial score (nSPS) is 17.5. The molecule has 1 aromatic carbocycles. The van der Waals surface area contributed by atoms with Crippen LogP contribution in [0.15, 0.2) is 24.3 Å². The van der Waals surface area contributed by atoms with Gasteiger partial charge in [0, 0.05) is 12.0 Å². The Bertz CT molecular complexity index is 458. The van der Waals surface area contributed by atoms with Crippen LogP contribution in [0.1, 0.15) is 32.1 Å². The summed E-state index contributed by atoms with van der Waals surface area (Å²) in [4.78, 5) is 11.8. The zero-order valence-electron chi connectivity index (χ0n) is 11.6. The molecule has 0 heterocycles. The van der Waals surface area contributed by atoms with Gasteiger partial charge in [0.2, 0.25) is 0 Å². The van der Waals surface area contributed by atoms with Crippen LogP contribution < -0.4 is 16.4 Å². The van der Waals surface area contributed by atoms with Crippen molar-refractivity contribution < 1.29 is 9.18 Å². The third kappa shape index (κ3) is 3.70. The van der Waals surface area contributed by atoms with Crippen LogP contribution in [-0.4, -0.2) is 19.1 Å². The van der Waals surface area contributed by atoms with E-state index in [2.05, 4.69) is 10.6 Å². The number of carbonyl (C=O) groups is 1. The molecule has 0 bridgehead atoms. The van der Waals surface area contributed by atoms with Crippen molar-refractivity contribution in [3.05, 3.63) is 30.1 Å². The summed E-state index contributed by atoms with van der Waals surface area (Å²) >= 11 is 0. The molecule has 110 valence electrons. The molecule has 0 atom stereocenters. The van der Waals surface area contributed by atoms with E-state index in [-0.39, 0.29) is 17.1 Å². The Morgan fingerprint density at radius 3 is 2.60 bits per heavy atom. The van der Waals surface area contributed by atoms with Crippen LogP contribution in [0.25, 0.3) is 0 Å². The Balaban J connectivity index is 1.87. The van der Waals surface area contributed by atoms with Crippen molar-refractivity contribution in [1.82, 2.24) is 5.32 Å². The van der Waals surface area contributed by atoms with E-state index < -0.39 is 5.82 Å². The van der Waals surface area contributed by atoms with Crippen molar-refractivity contribution in [3.63, 3.8) is 0 Å². The second-order valence-electron chi connectivity index (χ2n) is 5.55. The van der Waals surface area contributed by atoms with Gasteiger partial charge in [0.05, 0.1) is 5.69 Å². The Labute approximate surface area is 118 Å². The Morgan fingerprint density at radius 1 is 1.25 bits per heavy atom. The highest BCUT2D eigenvalue weighted by molar-refractivity contribution is 5.89. The van der Waals surface area contributed by atoms with Crippen LogP contribution in [0.4, 0.5) is 14.9 Å². The first-order valence-corrected chi connectivity index (χ1v) is 7.15. The lowest BCUT2D eigenvalue weighted by Gasteiger charge is -2.36. The van der Waals surface area contributed by atoms with Gasteiger partial charge in [-0.05, 0) is 31.5 Å². The molecular weight excluding hydrogens is 257 g/mol. The van der Waals surface area contributed by atoms with Gasteiger partial charge in [-0.25, -0.2) is 9.18 Å². The second kappa shape index (κ2) is 6.70. The first-order chi connectivity index (χ1) is 9.65. The minimum absolute atomic E-state index is 0.00478. The summed E-state index contributed by atoms with van der Waals surface area (Å²) in [5.41, 5.74) is 6.06. The fourth-order valence-electron chi connectivity index (χ4n) is 2.75. The number of rotatable bonds is 4. The van der Waals surface area contributed by atoms with Gasteiger partial charge < -0.3 is 16.4 Å². The SMILES string of the molecule is NCC1(CNC(=O)Nc2ccccc2F)CCCCC1. The molecule has 4 N–H and O–H groups in total. The number of carbonyl (C=O) groups excluding carboxylic acids is 1. The van der Waals surface area contributed by atoms with Crippen LogP contribution in [0, 0.1) is 11.2 Å². The van der Waals surface area contributed by atoms with E-state index in [1.807, 2.05) is 0 Å². The number of urea groups is 1. The molecule has 1 aliphatic rings. The Kier molecular flexibility index (Phi) is 4.95. The minimum Gasteiger partial charge on any atom is -0.337 e. The number of para-hydroxylation sites is 1. The molecule has 0 saturated heterocycles. The van der Waals surface area contributed by atoms with Gasteiger partial charge in [0.15, 0.2) is 0 Å². The van der Waals surface area contributed by atoms with Crippen LogP contribution in [-0.2, 0) is 0 Å². The number of hydrogen-bond donors (Lipinski definition) is 3. The maximum atomic E-state index is 13.4. The zero-order chi connectivity index (χ0) is 14.4. The van der Waals surface area contributed by atoms with Crippen molar-refractivity contribution in [2.24, 2.45) is 11.1 Å². The molecule has 2 amide bonds. The maximum Gasteiger partial charge on any atom is 0.319 e. The lowest BCUT2D eigenvalue weighted by Crippen LogP contribution is -2.45. The largest absolute Gasteiger partial charge is 0.337 e. The van der Waals surface area contributed by atoms with E-state index >= 15 is 0 Å². The van der Waals surface area contributed by atoms with E-state index in [4.69, 9.17) is 5.73 Å². The van der Waals surface area contributed by atoms with Gasteiger partial charge in [-0.3, -0.25) is 0 Å². The fraction of sp³-hybridized carbons (Fsp3) is 0.533. The highest BCUT2D eigenvalue weighted by Crippen LogP contribution is 2.34. The summed E-state index contributed by atoms with van der Waals surface area (Å²) in [6, 6.07) is 5.74. The third-order valence-corrected chi connectivity index (χ3v) is 4.09. The summed E-state index contributed by atoms with van der Waals surface area (Å²) in [5.74, 6) is -0.436. The number of anilines is 1. The van der Waals surface area contributed by atoms with Crippen molar-refractivity contribution in [1.29, 1.82) is 0 Å². The number of halogens is 1. The first-order valence-electron chi connectivity index (χ1n) is 7.15. The average Bonchev–Trinajstić information content (AvgIpc) is 2.49. The van der Waals surface area contributed by atoms with Gasteiger partial charge in [0.25, 0.3) is 0 Å². The lowest BCUT2D eigenvalue weighted by molar-refractivity contribution is 0.190. The third-order valence-electron chi connectivity index (χ3n) is 4.09. The number of nitrogens with two attached hydrogens (primary N) is 1. The molecule has 1 fully saturated rings. The molecule has 0 radical (unpaired) electrons. The van der Waals surface area contributed by atoms with Crippen molar-refractivity contribution in [3.8, 4) is 0 Å². The van der Waals surface area contributed by atoms with E-state index in [1.165, 1.54) is 18.6 Å². The van der Waals surface area contributed by atoms with Crippen LogP contribution in [0.2, 0.25) is 0 Å². The highest BCUT2D eigenvalue weighted by Gasteiger charge is 2.30. The van der Waals surface area contributed by atoms with Crippen molar-refractivity contribution in [2.75, 3.05) is 18.4 Å². The number of benzene rings is 1. The molecule has 0 aromatic heterocycles. The summed E-state index contributed by atoms with van der Waals surface area (Å²) in [6.07, 6.45) is 5.65. The standard InChI is InChI=1S/C15H22FN3O/c16-12-6-2-3-7-13(12)19-14(20)18-11-15(10-17)8-4-1-5-9-15/h2-3,6-7H,1,4-5,8-11,17H2,(H2,18,19,20). The molecule has 20 heavy (non-hydrogen) atoms. The topological polar surface area (TPSA) is 67.1 Å². The second-order valence-corrected chi connectivity index (χ2v) is 5.55. The van der Waals surface area contributed by atoms with E-state index in [1.54, 1.807) is 12.1 Å². The van der Waals surface area contributed by atoms with E-state index in [0.717, 1.165) is 25.7 Å². The summed E-state index contributed by atoms with van der Waals surface area (Å²) < 4.78 is 13.4. The molecule has 1 aromatic rings. The molecule has 5 heteroatoms. The van der Waals surface area contributed by atoms with E-state index in [9.17, 15) is 9.18 Å². The van der Waals surface area contributed by atoms with Gasteiger partial charge in [-0.1, -0.05) is 31.4 Å². The lowest BCUT2D eigenvalue weighted by atomic mass is 9.74. The average molecular weight is 279 g/mol. The summed E-state index contributed by atoms with van der Waals surface area (Å²) in [5, 5.41) is 5.35. The molecule has 2 rings (SSSR count). The highest BCUT2D eigenvalue weighted by atomic mass is 19.1. The number of amides is 2. The first kappa shape index (κ1) is 14.8. The van der Waals surface area contributed by atoms with Crippen molar-refractivity contribution >= 4 is 11.7 Å². The summed E-state index contributed by atoms with van der Waals surface area (Å²) in [6.45, 7) is 1.12. The van der Waals surface area contributed by atoms with Gasteiger partial charge in [0.1, 0.15) is 5.82 Å². The Morgan fingerprint density at radius 2 is 1.95 bits per heavy atom. The van der Waals surface area contributed by atoms with Crippen LogP contribution in [0.5, 0.6) is 0 Å². The zero-order valence-corrected chi connectivity index (χ0v) is 11.6. The smallest absolute Gasteiger partial charge is 0.319 e. The molecular formula is C15H22FN3O. The van der Waals surface area contributed by atoms with Crippen molar-refractivity contribution in [2.45, 2.75) is 32.1 Å². The molecule has 1 saturated carbocycles. The molecule has 0 spiro atoms. The van der Waals surface area contributed by atoms with Gasteiger partial charge in [-0.2, -0.15) is 0 Å². The molecule has 1 aliphatic carbocycles. The minimum atomic E-state index is -0.436. The Hall–Kier alpha value is -1.62. The van der Waals surface area contributed by atoms with Gasteiger partial charge >= 0.3 is 6.03 Å².